The third-order valence-corrected chi connectivity index (χ3v) is 6.35. The van der Waals surface area contributed by atoms with Gasteiger partial charge in [0, 0.05) is 6.54 Å². The maximum atomic E-state index is 12.6. The molecule has 2 N–H and O–H groups in total. The molecule has 0 atom stereocenters. The molecule has 0 spiro atoms. The normalized spacial score (nSPS) is 16.1. The van der Waals surface area contributed by atoms with E-state index in [0.29, 0.717) is 18.0 Å². The van der Waals surface area contributed by atoms with Gasteiger partial charge in [0.25, 0.3) is 0 Å². The molecule has 8 heteroatoms. The second kappa shape index (κ2) is 9.60. The maximum absolute atomic E-state index is 12.6. The van der Waals surface area contributed by atoms with Crippen LogP contribution in [0, 0.1) is 5.41 Å². The first-order valence-electron chi connectivity index (χ1n) is 9.03. The summed E-state index contributed by atoms with van der Waals surface area (Å²) in [6.07, 6.45) is 1.92. The summed E-state index contributed by atoms with van der Waals surface area (Å²) in [6.45, 7) is 4.43. The largest absolute Gasteiger partial charge is 0.497 e. The molecule has 1 heterocycles. The van der Waals surface area contributed by atoms with Crippen molar-refractivity contribution in [2.75, 3.05) is 26.7 Å². The molecule has 1 fully saturated rings. The van der Waals surface area contributed by atoms with Crippen LogP contribution in [0.25, 0.3) is 0 Å². The van der Waals surface area contributed by atoms with E-state index < -0.39 is 10.0 Å². The number of benzene rings is 2. The van der Waals surface area contributed by atoms with E-state index in [2.05, 4.69) is 17.0 Å². The summed E-state index contributed by atoms with van der Waals surface area (Å²) in [5.41, 5.74) is -0.00423. The predicted molar refractivity (Wildman–Crippen MR) is 112 cm³/mol. The number of rotatable bonds is 7. The molecule has 3 rings (SSSR count). The van der Waals surface area contributed by atoms with Crippen molar-refractivity contribution in [2.24, 2.45) is 5.41 Å². The molecule has 28 heavy (non-hydrogen) atoms. The number of halogens is 1. The third kappa shape index (κ3) is 5.85. The molecular weight excluding hydrogens is 400 g/mol. The first-order chi connectivity index (χ1) is 12.9. The van der Waals surface area contributed by atoms with E-state index in [4.69, 9.17) is 9.47 Å². The van der Waals surface area contributed by atoms with Crippen LogP contribution in [0.1, 0.15) is 19.8 Å². The van der Waals surface area contributed by atoms with Crippen LogP contribution in [-0.4, -0.2) is 35.2 Å². The summed E-state index contributed by atoms with van der Waals surface area (Å²) in [5.74, 6) is 1.98. The number of nitrogens with one attached hydrogen (secondary N) is 2. The minimum atomic E-state index is -3.54. The fraction of sp³-hybridized carbons (Fsp3) is 0.400. The molecule has 1 aliphatic heterocycles. The Morgan fingerprint density at radius 3 is 2.00 bits per heavy atom. The maximum Gasteiger partial charge on any atom is 0.240 e. The zero-order chi connectivity index (χ0) is 19.3. The average Bonchev–Trinajstić information content (AvgIpc) is 2.68. The predicted octanol–water partition coefficient (Wildman–Crippen LogP) is 3.58. The number of ether oxygens (including phenoxy) is 2. The Bertz CT molecular complexity index is 849. The molecule has 0 amide bonds. The first-order valence-corrected chi connectivity index (χ1v) is 10.5. The number of hydrogen-bond acceptors (Lipinski definition) is 5. The van der Waals surface area contributed by atoms with Gasteiger partial charge in [-0.15, -0.1) is 12.4 Å². The Morgan fingerprint density at radius 1 is 0.964 bits per heavy atom. The Labute approximate surface area is 173 Å². The minimum Gasteiger partial charge on any atom is -0.497 e. The lowest BCUT2D eigenvalue weighted by atomic mass is 9.81. The summed E-state index contributed by atoms with van der Waals surface area (Å²) in [6, 6.07) is 13.6. The van der Waals surface area contributed by atoms with Crippen molar-refractivity contribution in [2.45, 2.75) is 24.7 Å². The summed E-state index contributed by atoms with van der Waals surface area (Å²) in [5, 5.41) is 3.30. The van der Waals surface area contributed by atoms with Gasteiger partial charge in [0.15, 0.2) is 0 Å². The lowest BCUT2D eigenvalue weighted by Gasteiger charge is -2.34. The zero-order valence-corrected chi connectivity index (χ0v) is 17.7. The Balaban J connectivity index is 0.00000280. The number of sulfonamides is 1. The quantitative estimate of drug-likeness (QED) is 0.707. The van der Waals surface area contributed by atoms with Crippen molar-refractivity contribution < 1.29 is 17.9 Å². The lowest BCUT2D eigenvalue weighted by molar-refractivity contribution is 0.232. The van der Waals surface area contributed by atoms with Crippen LogP contribution in [0.4, 0.5) is 0 Å². The van der Waals surface area contributed by atoms with E-state index in [1.54, 1.807) is 55.6 Å². The molecule has 0 bridgehead atoms. The molecule has 0 unspecified atom stereocenters. The molecule has 2 aromatic carbocycles. The Kier molecular flexibility index (Phi) is 7.71. The van der Waals surface area contributed by atoms with E-state index in [1.807, 2.05) is 0 Å². The number of hydrogen-bond donors (Lipinski definition) is 2. The lowest BCUT2D eigenvalue weighted by Crippen LogP contribution is -2.42. The van der Waals surface area contributed by atoms with Crippen molar-refractivity contribution >= 4 is 22.4 Å². The molecule has 2 aromatic rings. The molecule has 0 radical (unpaired) electrons. The number of piperidine rings is 1. The fourth-order valence-corrected chi connectivity index (χ4v) is 4.23. The first kappa shape index (κ1) is 22.5. The second-order valence-corrected chi connectivity index (χ2v) is 8.90. The smallest absolute Gasteiger partial charge is 0.240 e. The van der Waals surface area contributed by atoms with Crippen molar-refractivity contribution in [3.63, 3.8) is 0 Å². The molecule has 1 aliphatic rings. The summed E-state index contributed by atoms with van der Waals surface area (Å²) in [7, 11) is -1.93. The molecule has 0 saturated carbocycles. The van der Waals surface area contributed by atoms with Crippen LogP contribution < -0.4 is 19.5 Å². The molecular formula is C20H27ClN2O4S. The minimum absolute atomic E-state index is 0. The van der Waals surface area contributed by atoms with Crippen molar-refractivity contribution in [3.8, 4) is 17.2 Å². The molecule has 0 aromatic heterocycles. The average molecular weight is 427 g/mol. The molecule has 0 aliphatic carbocycles. The summed E-state index contributed by atoms with van der Waals surface area (Å²) < 4.78 is 38.8. The van der Waals surface area contributed by atoms with Crippen molar-refractivity contribution in [3.05, 3.63) is 48.5 Å². The SMILES string of the molecule is COc1ccc(Oc2ccc(S(=O)(=O)NCC3(C)CCNCC3)cc2)cc1.Cl. The third-order valence-electron chi connectivity index (χ3n) is 4.93. The van der Waals surface area contributed by atoms with E-state index in [0.717, 1.165) is 31.7 Å². The zero-order valence-electron chi connectivity index (χ0n) is 16.1. The van der Waals surface area contributed by atoms with Gasteiger partial charge >= 0.3 is 0 Å². The highest BCUT2D eigenvalue weighted by atomic mass is 35.5. The Morgan fingerprint density at radius 2 is 1.46 bits per heavy atom. The molecule has 1 saturated heterocycles. The van der Waals surface area contributed by atoms with Gasteiger partial charge in [0.05, 0.1) is 12.0 Å². The molecule has 6 nitrogen and oxygen atoms in total. The standard InChI is InChI=1S/C20H26N2O4S.ClH/c1-20(11-13-21-14-12-20)15-22-27(23,24)19-9-7-18(8-10-19)26-17-5-3-16(25-2)4-6-17;/h3-10,21-22H,11-15H2,1-2H3;1H. The fourth-order valence-electron chi connectivity index (χ4n) is 3.03. The van der Waals surface area contributed by atoms with Crippen LogP contribution in [0.2, 0.25) is 0 Å². The van der Waals surface area contributed by atoms with E-state index in [-0.39, 0.29) is 22.7 Å². The van der Waals surface area contributed by atoms with Gasteiger partial charge in [-0.25, -0.2) is 13.1 Å². The van der Waals surface area contributed by atoms with E-state index in [1.165, 1.54) is 0 Å². The van der Waals surface area contributed by atoms with Crippen molar-refractivity contribution in [1.29, 1.82) is 0 Å². The van der Waals surface area contributed by atoms with Crippen LogP contribution in [-0.2, 0) is 10.0 Å². The van der Waals surface area contributed by atoms with Gasteiger partial charge in [-0.1, -0.05) is 6.92 Å². The highest BCUT2D eigenvalue weighted by molar-refractivity contribution is 7.89. The topological polar surface area (TPSA) is 76.7 Å². The van der Waals surface area contributed by atoms with Crippen LogP contribution >= 0.6 is 12.4 Å². The van der Waals surface area contributed by atoms with E-state index in [9.17, 15) is 8.42 Å². The van der Waals surface area contributed by atoms with Gasteiger partial charge in [-0.2, -0.15) is 0 Å². The summed E-state index contributed by atoms with van der Waals surface area (Å²) >= 11 is 0. The highest BCUT2D eigenvalue weighted by Gasteiger charge is 2.28. The van der Waals surface area contributed by atoms with Crippen LogP contribution in [0.3, 0.4) is 0 Å². The van der Waals surface area contributed by atoms with Gasteiger partial charge < -0.3 is 14.8 Å². The van der Waals surface area contributed by atoms with Crippen LogP contribution in [0.15, 0.2) is 53.4 Å². The number of methoxy groups -OCH3 is 1. The second-order valence-electron chi connectivity index (χ2n) is 7.13. The van der Waals surface area contributed by atoms with Crippen molar-refractivity contribution in [1.82, 2.24) is 10.0 Å². The van der Waals surface area contributed by atoms with Gasteiger partial charge in [0.2, 0.25) is 10.0 Å². The Hall–Kier alpha value is -1.80. The monoisotopic (exact) mass is 426 g/mol. The van der Waals surface area contributed by atoms with Gasteiger partial charge in [-0.3, -0.25) is 0 Å². The van der Waals surface area contributed by atoms with Crippen LogP contribution in [0.5, 0.6) is 17.2 Å². The molecule has 154 valence electrons. The van der Waals surface area contributed by atoms with Gasteiger partial charge in [-0.05, 0) is 79.9 Å². The van der Waals surface area contributed by atoms with E-state index >= 15 is 0 Å². The van der Waals surface area contributed by atoms with Gasteiger partial charge in [0.1, 0.15) is 17.2 Å². The highest BCUT2D eigenvalue weighted by Crippen LogP contribution is 2.28. The summed E-state index contributed by atoms with van der Waals surface area (Å²) in [4.78, 5) is 0.238.